The van der Waals surface area contributed by atoms with Gasteiger partial charge in [0.05, 0.1) is 11.1 Å². The molecule has 1 aliphatic rings. The van der Waals surface area contributed by atoms with Crippen LogP contribution in [0.25, 0.3) is 32.9 Å². The van der Waals surface area contributed by atoms with Crippen LogP contribution in [-0.4, -0.2) is 22.8 Å². The molecule has 0 spiro atoms. The van der Waals surface area contributed by atoms with E-state index >= 15 is 0 Å². The van der Waals surface area contributed by atoms with Crippen molar-refractivity contribution in [2.75, 3.05) is 10.6 Å². The zero-order valence-corrected chi connectivity index (χ0v) is 21.9. The fourth-order valence-electron chi connectivity index (χ4n) is 5.81. The Morgan fingerprint density at radius 3 is 2.45 bits per heavy atom. The Labute approximate surface area is 230 Å². The molecule has 1 heterocycles. The number of aromatic nitrogens is 1. The lowest BCUT2D eigenvalue weighted by Crippen LogP contribution is -2.15. The van der Waals surface area contributed by atoms with Crippen molar-refractivity contribution in [1.29, 1.82) is 0 Å². The van der Waals surface area contributed by atoms with Crippen LogP contribution >= 0.6 is 0 Å². The van der Waals surface area contributed by atoms with Crippen molar-refractivity contribution in [1.82, 2.24) is 4.98 Å². The molecule has 0 radical (unpaired) electrons. The van der Waals surface area contributed by atoms with E-state index in [0.717, 1.165) is 51.5 Å². The molecule has 40 heavy (non-hydrogen) atoms. The quantitative estimate of drug-likeness (QED) is 0.168. The Hall–Kier alpha value is -4.69. The summed E-state index contributed by atoms with van der Waals surface area (Å²) >= 11 is 0. The zero-order chi connectivity index (χ0) is 27.8. The molecular weight excluding hydrogens is 505 g/mol. The lowest BCUT2D eigenvalue weighted by Gasteiger charge is -2.16. The molecule has 0 atom stereocenters. The molecular formula is C32H30FN5O2. The van der Waals surface area contributed by atoms with Crippen molar-refractivity contribution in [2.45, 2.75) is 38.3 Å². The van der Waals surface area contributed by atoms with Gasteiger partial charge in [-0.1, -0.05) is 37.1 Å². The second-order valence-corrected chi connectivity index (χ2v) is 10.3. The Balaban J connectivity index is 1.46. The standard InChI is InChI=1S/C32H30FN5O2/c33-19-10-8-18(9-11-19)32(40)38-27-7-3-6-22(26(27)17-34)23-14-15-25(31(35)39)30-29(23)24-13-12-21(16-28(24)37-30)36-20-4-1-2-5-20/h3,6-16,20,36-37H,1-2,4-5,17,34H2,(H2,35,39)(H,38,40). The van der Waals surface area contributed by atoms with Crippen LogP contribution < -0.4 is 22.1 Å². The van der Waals surface area contributed by atoms with E-state index in [-0.39, 0.29) is 12.5 Å². The van der Waals surface area contributed by atoms with E-state index in [4.69, 9.17) is 11.5 Å². The van der Waals surface area contributed by atoms with Crippen molar-refractivity contribution in [3.05, 3.63) is 95.3 Å². The minimum atomic E-state index is -0.522. The molecule has 1 fully saturated rings. The van der Waals surface area contributed by atoms with Gasteiger partial charge in [-0.2, -0.15) is 0 Å². The highest BCUT2D eigenvalue weighted by atomic mass is 19.1. The van der Waals surface area contributed by atoms with E-state index in [1.54, 1.807) is 12.1 Å². The van der Waals surface area contributed by atoms with Crippen molar-refractivity contribution in [3.8, 4) is 11.1 Å². The summed E-state index contributed by atoms with van der Waals surface area (Å²) in [5.41, 5.74) is 18.3. The molecule has 0 aliphatic heterocycles. The summed E-state index contributed by atoms with van der Waals surface area (Å²) in [4.78, 5) is 28.8. The fourth-order valence-corrected chi connectivity index (χ4v) is 5.81. The Morgan fingerprint density at radius 2 is 1.73 bits per heavy atom. The van der Waals surface area contributed by atoms with Crippen LogP contribution in [0.15, 0.2) is 72.8 Å². The maximum Gasteiger partial charge on any atom is 0.255 e. The van der Waals surface area contributed by atoms with Gasteiger partial charge in [-0.3, -0.25) is 9.59 Å². The largest absolute Gasteiger partial charge is 0.382 e. The van der Waals surface area contributed by atoms with E-state index in [0.29, 0.717) is 28.4 Å². The monoisotopic (exact) mass is 535 g/mol. The summed E-state index contributed by atoms with van der Waals surface area (Å²) in [6, 6.07) is 21.2. The maximum atomic E-state index is 13.4. The third-order valence-electron chi connectivity index (χ3n) is 7.77. The van der Waals surface area contributed by atoms with Crippen LogP contribution in [-0.2, 0) is 6.54 Å². The minimum absolute atomic E-state index is 0.159. The molecule has 1 aromatic heterocycles. The number of nitrogens with one attached hydrogen (secondary N) is 3. The van der Waals surface area contributed by atoms with Gasteiger partial charge in [0.1, 0.15) is 5.82 Å². The predicted octanol–water partition coefficient (Wildman–Crippen LogP) is 6.29. The van der Waals surface area contributed by atoms with E-state index in [1.807, 2.05) is 18.2 Å². The van der Waals surface area contributed by atoms with Crippen LogP contribution in [0.4, 0.5) is 15.8 Å². The first kappa shape index (κ1) is 25.6. The summed E-state index contributed by atoms with van der Waals surface area (Å²) in [5.74, 6) is -1.30. The first-order valence-corrected chi connectivity index (χ1v) is 13.5. The molecule has 0 unspecified atom stereocenters. The molecule has 8 heteroatoms. The molecule has 202 valence electrons. The van der Waals surface area contributed by atoms with Crippen LogP contribution in [0.3, 0.4) is 0 Å². The van der Waals surface area contributed by atoms with Crippen LogP contribution in [0.5, 0.6) is 0 Å². The van der Waals surface area contributed by atoms with E-state index in [9.17, 15) is 14.0 Å². The molecule has 2 amide bonds. The van der Waals surface area contributed by atoms with Gasteiger partial charge in [-0.25, -0.2) is 4.39 Å². The molecule has 0 bridgehead atoms. The van der Waals surface area contributed by atoms with Gasteiger partial charge < -0.3 is 27.1 Å². The fraction of sp³-hybridized carbons (Fsp3) is 0.188. The number of hydrogen-bond donors (Lipinski definition) is 5. The number of hydrogen-bond acceptors (Lipinski definition) is 4. The first-order chi connectivity index (χ1) is 19.4. The smallest absolute Gasteiger partial charge is 0.255 e. The lowest BCUT2D eigenvalue weighted by molar-refractivity contribution is 0.0998. The van der Waals surface area contributed by atoms with Crippen molar-refractivity contribution >= 4 is 45.0 Å². The third kappa shape index (κ3) is 4.67. The van der Waals surface area contributed by atoms with Crippen molar-refractivity contribution in [3.63, 3.8) is 0 Å². The summed E-state index contributed by atoms with van der Waals surface area (Å²) in [5, 5.41) is 8.37. The van der Waals surface area contributed by atoms with E-state index in [1.165, 1.54) is 37.1 Å². The molecule has 1 aliphatic carbocycles. The van der Waals surface area contributed by atoms with Crippen molar-refractivity contribution < 1.29 is 14.0 Å². The number of nitrogens with two attached hydrogens (primary N) is 2. The van der Waals surface area contributed by atoms with Gasteiger partial charge >= 0.3 is 0 Å². The van der Waals surface area contributed by atoms with Gasteiger partial charge in [-0.05, 0) is 78.1 Å². The van der Waals surface area contributed by atoms with Gasteiger partial charge in [0.15, 0.2) is 0 Å². The molecule has 4 aromatic carbocycles. The molecule has 0 saturated heterocycles. The molecule has 7 nitrogen and oxygen atoms in total. The van der Waals surface area contributed by atoms with Gasteiger partial charge in [0, 0.05) is 45.8 Å². The number of carbonyl (C=O) groups excluding carboxylic acids is 2. The SMILES string of the molecule is NCc1c(NC(=O)c2ccc(F)cc2)cccc1-c1ccc(C(N)=O)c2[nH]c3cc(NC4CCCC4)ccc3c12. The average molecular weight is 536 g/mol. The molecule has 7 N–H and O–H groups in total. The van der Waals surface area contributed by atoms with E-state index < -0.39 is 11.7 Å². The minimum Gasteiger partial charge on any atom is -0.382 e. The summed E-state index contributed by atoms with van der Waals surface area (Å²) < 4.78 is 13.4. The normalized spacial score (nSPS) is 13.7. The number of benzene rings is 4. The molecule has 1 saturated carbocycles. The third-order valence-corrected chi connectivity index (χ3v) is 7.77. The number of primary amides is 1. The Bertz CT molecular complexity index is 1750. The number of rotatable bonds is 7. The highest BCUT2D eigenvalue weighted by Gasteiger charge is 2.21. The topological polar surface area (TPSA) is 126 Å². The van der Waals surface area contributed by atoms with Crippen LogP contribution in [0.1, 0.15) is 52.0 Å². The number of halogens is 1. The number of amides is 2. The highest BCUT2D eigenvalue weighted by molar-refractivity contribution is 6.20. The number of fused-ring (bicyclic) bond motifs is 3. The van der Waals surface area contributed by atoms with Crippen LogP contribution in [0.2, 0.25) is 0 Å². The molecule has 5 aromatic rings. The van der Waals surface area contributed by atoms with Gasteiger partial charge in [0.2, 0.25) is 0 Å². The highest BCUT2D eigenvalue weighted by Crippen LogP contribution is 2.40. The average Bonchev–Trinajstić information content (AvgIpc) is 3.60. The van der Waals surface area contributed by atoms with Crippen LogP contribution in [0, 0.1) is 5.82 Å². The molecule has 6 rings (SSSR count). The number of anilines is 2. The summed E-state index contributed by atoms with van der Waals surface area (Å²) in [6.45, 7) is 0.159. The number of carbonyl (C=O) groups is 2. The predicted molar refractivity (Wildman–Crippen MR) is 158 cm³/mol. The Kier molecular flexibility index (Phi) is 6.69. The second-order valence-electron chi connectivity index (χ2n) is 10.3. The van der Waals surface area contributed by atoms with Crippen molar-refractivity contribution in [2.24, 2.45) is 11.5 Å². The van der Waals surface area contributed by atoms with Gasteiger partial charge in [-0.15, -0.1) is 0 Å². The second kappa shape index (κ2) is 10.5. The lowest BCUT2D eigenvalue weighted by atomic mass is 9.92. The van der Waals surface area contributed by atoms with Gasteiger partial charge in [0.25, 0.3) is 11.8 Å². The Morgan fingerprint density at radius 1 is 0.950 bits per heavy atom. The number of aromatic amines is 1. The zero-order valence-electron chi connectivity index (χ0n) is 21.9. The first-order valence-electron chi connectivity index (χ1n) is 13.5. The van der Waals surface area contributed by atoms with E-state index in [2.05, 4.69) is 33.8 Å². The maximum absolute atomic E-state index is 13.4. The summed E-state index contributed by atoms with van der Waals surface area (Å²) in [6.07, 6.45) is 4.81. The summed E-state index contributed by atoms with van der Waals surface area (Å²) in [7, 11) is 0. The number of H-pyrrole nitrogens is 1.